The third-order valence-electron chi connectivity index (χ3n) is 8.27. The van der Waals surface area contributed by atoms with Crippen LogP contribution in [0, 0.1) is 0 Å². The van der Waals surface area contributed by atoms with Crippen molar-refractivity contribution in [1.29, 1.82) is 0 Å². The summed E-state index contributed by atoms with van der Waals surface area (Å²) in [5.74, 6) is 0.885. The Kier molecular flexibility index (Phi) is 6.59. The summed E-state index contributed by atoms with van der Waals surface area (Å²) in [5, 5.41) is 11.1. The first kappa shape index (κ1) is 26.4. The number of aromatic nitrogens is 3. The van der Waals surface area contributed by atoms with E-state index in [4.69, 9.17) is 4.98 Å². The molecule has 0 aliphatic carbocycles. The lowest BCUT2D eigenvalue weighted by Crippen LogP contribution is -2.20. The summed E-state index contributed by atoms with van der Waals surface area (Å²) in [4.78, 5) is 9.94. The Morgan fingerprint density at radius 2 is 1.33 bits per heavy atom. The molecule has 5 aromatic carbocycles. The molecule has 7 aromatic rings. The van der Waals surface area contributed by atoms with Crippen molar-refractivity contribution in [2.75, 3.05) is 0 Å². The summed E-state index contributed by atoms with van der Waals surface area (Å²) in [6, 6.07) is 47.2. The van der Waals surface area contributed by atoms with Crippen molar-refractivity contribution in [3.05, 3.63) is 157 Å². The van der Waals surface area contributed by atoms with Crippen LogP contribution < -0.4 is 0 Å². The lowest BCUT2D eigenvalue weighted by molar-refractivity contribution is 0.477. The fourth-order valence-electron chi connectivity index (χ4n) is 5.98. The van der Waals surface area contributed by atoms with Gasteiger partial charge in [-0.2, -0.15) is 0 Å². The van der Waals surface area contributed by atoms with Crippen LogP contribution in [0.1, 0.15) is 25.0 Å². The summed E-state index contributed by atoms with van der Waals surface area (Å²) < 4.78 is 2.20. The van der Waals surface area contributed by atoms with Crippen LogP contribution in [0.3, 0.4) is 0 Å². The number of imidazole rings is 1. The molecule has 1 N–H and O–H groups in total. The second-order valence-electron chi connectivity index (χ2n) is 11.3. The number of phenolic OH excluding ortho intramolecular Hbond substituents is 1. The highest BCUT2D eigenvalue weighted by atomic mass is 16.3. The monoisotopic (exact) mass is 557 g/mol. The van der Waals surface area contributed by atoms with Gasteiger partial charge in [-0.05, 0) is 59.2 Å². The van der Waals surface area contributed by atoms with E-state index in [9.17, 15) is 5.11 Å². The van der Waals surface area contributed by atoms with Crippen molar-refractivity contribution < 1.29 is 5.11 Å². The Morgan fingerprint density at radius 1 is 0.628 bits per heavy atom. The molecule has 0 radical (unpaired) electrons. The SMILES string of the molecule is CC(C)(c1ccccc1)c1ccc(-c2cccc(-c3ccccn3)c2)c2nc(-c3ccccc3O)n(-c3ccccc3)c12. The van der Waals surface area contributed by atoms with Crippen LogP contribution in [-0.4, -0.2) is 19.6 Å². The molecule has 7 rings (SSSR count). The maximum Gasteiger partial charge on any atom is 0.149 e. The lowest BCUT2D eigenvalue weighted by Gasteiger charge is -2.28. The normalized spacial score (nSPS) is 11.6. The van der Waals surface area contributed by atoms with E-state index >= 15 is 0 Å². The molecule has 0 saturated carbocycles. The van der Waals surface area contributed by atoms with Gasteiger partial charge in [0.05, 0.1) is 22.3 Å². The number of fused-ring (bicyclic) bond motifs is 1. The molecule has 0 bridgehead atoms. The van der Waals surface area contributed by atoms with Gasteiger partial charge in [0.2, 0.25) is 0 Å². The van der Waals surface area contributed by atoms with Crippen molar-refractivity contribution in [2.45, 2.75) is 19.3 Å². The number of nitrogens with zero attached hydrogens (tertiary/aromatic N) is 3. The lowest BCUT2D eigenvalue weighted by atomic mass is 9.77. The zero-order chi connectivity index (χ0) is 29.4. The van der Waals surface area contributed by atoms with Gasteiger partial charge in [-0.25, -0.2) is 4.98 Å². The van der Waals surface area contributed by atoms with Gasteiger partial charge in [0.1, 0.15) is 11.6 Å². The molecular formula is C39H31N3O. The quantitative estimate of drug-likeness (QED) is 0.222. The van der Waals surface area contributed by atoms with Gasteiger partial charge in [-0.15, -0.1) is 0 Å². The van der Waals surface area contributed by atoms with Gasteiger partial charge in [-0.1, -0.05) is 111 Å². The molecule has 208 valence electrons. The Balaban J connectivity index is 1.58. The van der Waals surface area contributed by atoms with Gasteiger partial charge < -0.3 is 5.11 Å². The second-order valence-corrected chi connectivity index (χ2v) is 11.3. The average molecular weight is 558 g/mol. The maximum absolute atomic E-state index is 11.1. The van der Waals surface area contributed by atoms with E-state index in [1.807, 2.05) is 60.8 Å². The van der Waals surface area contributed by atoms with E-state index in [-0.39, 0.29) is 11.2 Å². The number of pyridine rings is 1. The Labute approximate surface area is 251 Å². The van der Waals surface area contributed by atoms with Crippen molar-refractivity contribution in [1.82, 2.24) is 14.5 Å². The number of benzene rings is 5. The Bertz CT molecular complexity index is 2050. The van der Waals surface area contributed by atoms with E-state index < -0.39 is 0 Å². The highest BCUT2D eigenvalue weighted by Crippen LogP contribution is 2.43. The summed E-state index contributed by atoms with van der Waals surface area (Å²) in [6.07, 6.45) is 1.82. The molecule has 43 heavy (non-hydrogen) atoms. The highest BCUT2D eigenvalue weighted by molar-refractivity contribution is 5.99. The van der Waals surface area contributed by atoms with E-state index in [0.29, 0.717) is 11.4 Å². The van der Waals surface area contributed by atoms with Crippen LogP contribution in [0.5, 0.6) is 5.75 Å². The molecule has 0 amide bonds. The molecule has 0 unspecified atom stereocenters. The molecule has 4 heteroatoms. The Hall–Kier alpha value is -5.48. The summed E-state index contributed by atoms with van der Waals surface area (Å²) in [7, 11) is 0. The number of para-hydroxylation sites is 2. The molecule has 0 aliphatic heterocycles. The number of hydrogen-bond donors (Lipinski definition) is 1. The minimum atomic E-state index is -0.337. The van der Waals surface area contributed by atoms with E-state index in [1.165, 1.54) is 5.56 Å². The first-order chi connectivity index (χ1) is 21.0. The molecule has 0 fully saturated rings. The largest absolute Gasteiger partial charge is 0.507 e. The van der Waals surface area contributed by atoms with Gasteiger partial charge in [-0.3, -0.25) is 9.55 Å². The van der Waals surface area contributed by atoms with E-state index in [2.05, 4.69) is 102 Å². The molecule has 0 saturated heterocycles. The van der Waals surface area contributed by atoms with Gasteiger partial charge in [0.15, 0.2) is 0 Å². The van der Waals surface area contributed by atoms with Crippen LogP contribution in [0.15, 0.2) is 146 Å². The topological polar surface area (TPSA) is 50.9 Å². The second kappa shape index (κ2) is 10.7. The van der Waals surface area contributed by atoms with Gasteiger partial charge >= 0.3 is 0 Å². The molecule has 0 spiro atoms. The van der Waals surface area contributed by atoms with Crippen LogP contribution in [0.2, 0.25) is 0 Å². The zero-order valence-corrected chi connectivity index (χ0v) is 24.1. The molecule has 0 atom stereocenters. The van der Waals surface area contributed by atoms with Crippen LogP contribution >= 0.6 is 0 Å². The van der Waals surface area contributed by atoms with Crippen molar-refractivity contribution in [3.63, 3.8) is 0 Å². The highest BCUT2D eigenvalue weighted by Gasteiger charge is 2.30. The predicted octanol–water partition coefficient (Wildman–Crippen LogP) is 9.45. The molecule has 2 heterocycles. The maximum atomic E-state index is 11.1. The first-order valence-corrected chi connectivity index (χ1v) is 14.5. The zero-order valence-electron chi connectivity index (χ0n) is 24.1. The number of rotatable bonds is 6. The molecule has 2 aromatic heterocycles. The average Bonchev–Trinajstić information content (AvgIpc) is 3.46. The number of aromatic hydroxyl groups is 1. The van der Waals surface area contributed by atoms with Gasteiger partial charge in [0.25, 0.3) is 0 Å². The van der Waals surface area contributed by atoms with Crippen LogP contribution in [0.4, 0.5) is 0 Å². The van der Waals surface area contributed by atoms with E-state index in [0.717, 1.165) is 44.7 Å². The minimum absolute atomic E-state index is 0.192. The third kappa shape index (κ3) is 4.67. The van der Waals surface area contributed by atoms with Crippen LogP contribution in [-0.2, 0) is 5.41 Å². The standard InChI is InChI=1S/C39H31N3O/c1-39(2,29-16-5-3-6-17-29)33-24-23-31(27-14-13-15-28(26-27)34-21-11-12-25-40-34)36-37(33)42(30-18-7-4-8-19-30)38(41-36)32-20-9-10-22-35(32)43/h3-26,43H,1-2H3. The van der Waals surface area contributed by atoms with Gasteiger partial charge in [0, 0.05) is 28.4 Å². The summed E-state index contributed by atoms with van der Waals surface area (Å²) in [5.41, 5.74) is 9.62. The smallest absolute Gasteiger partial charge is 0.149 e. The van der Waals surface area contributed by atoms with Crippen molar-refractivity contribution in [3.8, 4) is 45.2 Å². The third-order valence-corrected chi connectivity index (χ3v) is 8.27. The fourth-order valence-corrected chi connectivity index (χ4v) is 5.98. The molecule has 0 aliphatic rings. The van der Waals surface area contributed by atoms with Crippen LogP contribution in [0.25, 0.3) is 50.5 Å². The summed E-state index contributed by atoms with van der Waals surface area (Å²) in [6.45, 7) is 4.53. The molecule has 4 nitrogen and oxygen atoms in total. The number of hydrogen-bond acceptors (Lipinski definition) is 3. The number of phenols is 1. The van der Waals surface area contributed by atoms with Crippen molar-refractivity contribution in [2.24, 2.45) is 0 Å². The predicted molar refractivity (Wildman–Crippen MR) is 175 cm³/mol. The first-order valence-electron chi connectivity index (χ1n) is 14.5. The molecular weight excluding hydrogens is 526 g/mol. The van der Waals surface area contributed by atoms with E-state index in [1.54, 1.807) is 6.07 Å². The van der Waals surface area contributed by atoms with Crippen molar-refractivity contribution >= 4 is 11.0 Å². The Morgan fingerprint density at radius 3 is 2.07 bits per heavy atom. The minimum Gasteiger partial charge on any atom is -0.507 e. The fraction of sp³-hybridized carbons (Fsp3) is 0.0769. The summed E-state index contributed by atoms with van der Waals surface area (Å²) >= 11 is 0.